The van der Waals surface area contributed by atoms with Gasteiger partial charge in [0.2, 0.25) is 0 Å². The fraction of sp³-hybridized carbons (Fsp3) is 0.769. The van der Waals surface area contributed by atoms with Gasteiger partial charge in [-0.3, -0.25) is 10.00 Å². The third kappa shape index (κ3) is 2.29. The molecule has 18 heavy (non-hydrogen) atoms. The number of likely N-dealkylation sites (tertiary alicyclic amines) is 1. The standard InChI is InChI=1S/C13H21ClN4/c1-10-12(14)11(17-16-10)7-18-6-2-3-13(9-18)4-5-15-8-13/h15H,2-9H2,1H3,(H,16,17). The van der Waals surface area contributed by atoms with E-state index in [1.165, 1.54) is 45.4 Å². The van der Waals surface area contributed by atoms with Gasteiger partial charge in [0, 0.05) is 19.6 Å². The zero-order valence-electron chi connectivity index (χ0n) is 10.9. The molecule has 100 valence electrons. The molecule has 1 unspecified atom stereocenters. The van der Waals surface area contributed by atoms with Gasteiger partial charge in [0.25, 0.3) is 0 Å². The number of piperidine rings is 1. The Morgan fingerprint density at radius 2 is 2.33 bits per heavy atom. The second-order valence-corrected chi connectivity index (χ2v) is 6.23. The van der Waals surface area contributed by atoms with E-state index in [0.29, 0.717) is 5.41 Å². The highest BCUT2D eigenvalue weighted by Gasteiger charge is 2.38. The molecule has 1 aromatic heterocycles. The van der Waals surface area contributed by atoms with Crippen LogP contribution < -0.4 is 5.32 Å². The minimum Gasteiger partial charge on any atom is -0.316 e. The lowest BCUT2D eigenvalue weighted by Crippen LogP contribution is -2.44. The number of hydrogen-bond donors (Lipinski definition) is 2. The first-order valence-corrected chi connectivity index (χ1v) is 7.19. The van der Waals surface area contributed by atoms with Crippen LogP contribution in [0.5, 0.6) is 0 Å². The fourth-order valence-corrected chi connectivity index (χ4v) is 3.52. The molecule has 2 N–H and O–H groups in total. The smallest absolute Gasteiger partial charge is 0.0951 e. The highest BCUT2D eigenvalue weighted by molar-refractivity contribution is 6.31. The molecule has 3 rings (SSSR count). The van der Waals surface area contributed by atoms with Gasteiger partial charge in [-0.15, -0.1) is 0 Å². The lowest BCUT2D eigenvalue weighted by molar-refractivity contribution is 0.0968. The molecule has 1 atom stereocenters. The summed E-state index contributed by atoms with van der Waals surface area (Å²) in [6, 6.07) is 0. The molecule has 2 aliphatic heterocycles. The quantitative estimate of drug-likeness (QED) is 0.862. The number of rotatable bonds is 2. The number of aromatic nitrogens is 2. The van der Waals surface area contributed by atoms with Gasteiger partial charge < -0.3 is 5.32 Å². The summed E-state index contributed by atoms with van der Waals surface area (Å²) in [6.07, 6.45) is 3.98. The van der Waals surface area contributed by atoms with Crippen molar-refractivity contribution in [1.29, 1.82) is 0 Å². The molecule has 3 heterocycles. The monoisotopic (exact) mass is 268 g/mol. The van der Waals surface area contributed by atoms with Crippen molar-refractivity contribution in [2.45, 2.75) is 32.7 Å². The Balaban J connectivity index is 1.68. The van der Waals surface area contributed by atoms with Gasteiger partial charge >= 0.3 is 0 Å². The molecule has 2 aliphatic rings. The second kappa shape index (κ2) is 4.83. The summed E-state index contributed by atoms with van der Waals surface area (Å²) in [5, 5.41) is 11.6. The summed E-state index contributed by atoms with van der Waals surface area (Å²) >= 11 is 6.25. The van der Waals surface area contributed by atoms with Crippen LogP contribution in [0.3, 0.4) is 0 Å². The van der Waals surface area contributed by atoms with Crippen LogP contribution in [0.15, 0.2) is 0 Å². The highest BCUT2D eigenvalue weighted by Crippen LogP contribution is 2.36. The number of aryl methyl sites for hydroxylation is 1. The Morgan fingerprint density at radius 3 is 3.00 bits per heavy atom. The molecule has 4 nitrogen and oxygen atoms in total. The minimum absolute atomic E-state index is 0.510. The maximum absolute atomic E-state index is 6.25. The Bertz CT molecular complexity index is 423. The minimum atomic E-state index is 0.510. The van der Waals surface area contributed by atoms with Crippen LogP contribution in [0.1, 0.15) is 30.7 Å². The van der Waals surface area contributed by atoms with Crippen LogP contribution >= 0.6 is 11.6 Å². The number of nitrogens with zero attached hydrogens (tertiary/aromatic N) is 2. The van der Waals surface area contributed by atoms with Gasteiger partial charge in [0.1, 0.15) is 0 Å². The van der Waals surface area contributed by atoms with Gasteiger partial charge in [-0.2, -0.15) is 5.10 Å². The highest BCUT2D eigenvalue weighted by atomic mass is 35.5. The molecule has 1 spiro atoms. The van der Waals surface area contributed by atoms with E-state index in [-0.39, 0.29) is 0 Å². The molecule has 0 radical (unpaired) electrons. The first-order chi connectivity index (χ1) is 8.69. The third-order valence-electron chi connectivity index (χ3n) is 4.39. The fourth-order valence-electron chi connectivity index (χ4n) is 3.37. The van der Waals surface area contributed by atoms with E-state index < -0.39 is 0 Å². The van der Waals surface area contributed by atoms with Crippen LogP contribution in [0.4, 0.5) is 0 Å². The zero-order chi connectivity index (χ0) is 12.6. The maximum atomic E-state index is 6.25. The van der Waals surface area contributed by atoms with Crippen molar-refractivity contribution in [1.82, 2.24) is 20.4 Å². The predicted octanol–water partition coefficient (Wildman–Crippen LogP) is 1.95. The van der Waals surface area contributed by atoms with E-state index in [4.69, 9.17) is 11.6 Å². The van der Waals surface area contributed by atoms with E-state index in [0.717, 1.165) is 23.0 Å². The number of halogens is 1. The van der Waals surface area contributed by atoms with Crippen LogP contribution in [0.25, 0.3) is 0 Å². The van der Waals surface area contributed by atoms with E-state index >= 15 is 0 Å². The molecule has 5 heteroatoms. The van der Waals surface area contributed by atoms with Crippen LogP contribution in [-0.4, -0.2) is 41.3 Å². The van der Waals surface area contributed by atoms with Crippen molar-refractivity contribution in [3.05, 3.63) is 16.4 Å². The first-order valence-electron chi connectivity index (χ1n) is 6.81. The lowest BCUT2D eigenvalue weighted by Gasteiger charge is -2.39. The van der Waals surface area contributed by atoms with Crippen LogP contribution in [0.2, 0.25) is 5.02 Å². The van der Waals surface area contributed by atoms with Crippen molar-refractivity contribution >= 4 is 11.6 Å². The Labute approximate surface area is 113 Å². The summed E-state index contributed by atoms with van der Waals surface area (Å²) in [6.45, 7) is 7.56. The van der Waals surface area contributed by atoms with Crippen molar-refractivity contribution in [2.75, 3.05) is 26.2 Å². The lowest BCUT2D eigenvalue weighted by atomic mass is 9.79. The van der Waals surface area contributed by atoms with Crippen molar-refractivity contribution in [3.8, 4) is 0 Å². The molecular weight excluding hydrogens is 248 g/mol. The summed E-state index contributed by atoms with van der Waals surface area (Å²) in [4.78, 5) is 2.51. The largest absolute Gasteiger partial charge is 0.316 e. The molecule has 0 bridgehead atoms. The normalized spacial score (nSPS) is 29.2. The number of H-pyrrole nitrogens is 1. The molecule has 0 amide bonds. The van der Waals surface area contributed by atoms with Crippen molar-refractivity contribution in [3.63, 3.8) is 0 Å². The summed E-state index contributed by atoms with van der Waals surface area (Å²) in [5.74, 6) is 0. The van der Waals surface area contributed by atoms with Crippen LogP contribution in [0, 0.1) is 12.3 Å². The maximum Gasteiger partial charge on any atom is 0.0951 e. The van der Waals surface area contributed by atoms with Gasteiger partial charge in [0.05, 0.1) is 16.4 Å². The first kappa shape index (κ1) is 12.5. The van der Waals surface area contributed by atoms with Gasteiger partial charge in [-0.25, -0.2) is 0 Å². The average Bonchev–Trinajstić information content (AvgIpc) is 2.92. The Morgan fingerprint density at radius 1 is 1.44 bits per heavy atom. The van der Waals surface area contributed by atoms with Gasteiger partial charge in [-0.05, 0) is 44.7 Å². The molecule has 0 aromatic carbocycles. The van der Waals surface area contributed by atoms with E-state index in [9.17, 15) is 0 Å². The number of hydrogen-bond acceptors (Lipinski definition) is 3. The van der Waals surface area contributed by atoms with E-state index in [1.54, 1.807) is 0 Å². The molecule has 2 fully saturated rings. The molecule has 2 saturated heterocycles. The zero-order valence-corrected chi connectivity index (χ0v) is 11.7. The molecule has 1 aromatic rings. The molecule has 0 aliphatic carbocycles. The SMILES string of the molecule is Cc1[nH]nc(CN2CCCC3(CCNC3)C2)c1Cl. The Kier molecular flexibility index (Phi) is 3.34. The van der Waals surface area contributed by atoms with Gasteiger partial charge in [0.15, 0.2) is 0 Å². The van der Waals surface area contributed by atoms with Crippen molar-refractivity contribution in [2.24, 2.45) is 5.41 Å². The Hall–Kier alpha value is -0.580. The number of nitrogens with one attached hydrogen (secondary N) is 2. The topological polar surface area (TPSA) is 44.0 Å². The summed E-state index contributed by atoms with van der Waals surface area (Å²) < 4.78 is 0. The van der Waals surface area contributed by atoms with E-state index in [1.807, 2.05) is 6.92 Å². The molecular formula is C13H21ClN4. The van der Waals surface area contributed by atoms with Crippen molar-refractivity contribution < 1.29 is 0 Å². The second-order valence-electron chi connectivity index (χ2n) is 5.85. The third-order valence-corrected chi connectivity index (χ3v) is 4.89. The summed E-state index contributed by atoms with van der Waals surface area (Å²) in [5.41, 5.74) is 2.48. The summed E-state index contributed by atoms with van der Waals surface area (Å²) in [7, 11) is 0. The van der Waals surface area contributed by atoms with Crippen LogP contribution in [-0.2, 0) is 6.54 Å². The number of aromatic amines is 1. The molecule has 0 saturated carbocycles. The van der Waals surface area contributed by atoms with E-state index in [2.05, 4.69) is 20.4 Å². The van der Waals surface area contributed by atoms with Gasteiger partial charge in [-0.1, -0.05) is 11.6 Å². The predicted molar refractivity (Wildman–Crippen MR) is 72.8 cm³/mol. The average molecular weight is 269 g/mol.